The van der Waals surface area contributed by atoms with Crippen molar-refractivity contribution in [1.29, 1.82) is 0 Å². The van der Waals surface area contributed by atoms with Gasteiger partial charge >= 0.3 is 0 Å². The molecule has 1 amide bonds. The maximum atomic E-state index is 13.5. The Morgan fingerprint density at radius 3 is 2.36 bits per heavy atom. The third-order valence-corrected chi connectivity index (χ3v) is 6.30. The molecule has 0 aliphatic heterocycles. The lowest BCUT2D eigenvalue weighted by atomic mass is 9.95. The molecule has 0 N–H and O–H groups in total. The van der Waals surface area contributed by atoms with Crippen molar-refractivity contribution in [1.82, 2.24) is 0 Å². The molecule has 0 saturated carbocycles. The Hall–Kier alpha value is -4.64. The number of allylic oxidation sites excluding steroid dienone is 4. The van der Waals surface area contributed by atoms with Gasteiger partial charge in [-0.05, 0) is 79.3 Å². The number of aryl methyl sites for hydroxylation is 2. The highest BCUT2D eigenvalue weighted by Gasteiger charge is 2.15. The van der Waals surface area contributed by atoms with Crippen LogP contribution in [0.1, 0.15) is 36.1 Å². The van der Waals surface area contributed by atoms with E-state index in [-0.39, 0.29) is 19.0 Å². The van der Waals surface area contributed by atoms with Crippen molar-refractivity contribution in [3.05, 3.63) is 137 Å². The summed E-state index contributed by atoms with van der Waals surface area (Å²) in [6.07, 6.45) is 10.9. The number of nitroso groups, excluding NO2 is 1. The van der Waals surface area contributed by atoms with Crippen LogP contribution in [0.15, 0.2) is 120 Å². The predicted octanol–water partition coefficient (Wildman–Crippen LogP) is 8.24. The highest BCUT2D eigenvalue weighted by molar-refractivity contribution is 6.13. The summed E-state index contributed by atoms with van der Waals surface area (Å²) in [7, 11) is 0. The van der Waals surface area contributed by atoms with E-state index in [1.165, 1.54) is 11.1 Å². The molecular formula is C34H35N3O2. The molecule has 3 aromatic rings. The number of amides is 1. The predicted molar refractivity (Wildman–Crippen MR) is 165 cm³/mol. The number of nitrogens with zero attached hydrogens (tertiary/aromatic N) is 3. The first-order valence-electron chi connectivity index (χ1n) is 12.9. The Morgan fingerprint density at radius 1 is 1.00 bits per heavy atom. The lowest BCUT2D eigenvalue weighted by Crippen LogP contribution is -2.28. The fraction of sp³-hybridized carbons (Fsp3) is 0.176. The van der Waals surface area contributed by atoms with Gasteiger partial charge in [0.1, 0.15) is 6.54 Å². The molecule has 0 bridgehead atoms. The third kappa shape index (κ3) is 7.68. The van der Waals surface area contributed by atoms with E-state index in [1.54, 1.807) is 29.3 Å². The molecule has 3 rings (SSSR count). The Labute approximate surface area is 231 Å². The van der Waals surface area contributed by atoms with Crippen LogP contribution in [0.4, 0.5) is 5.69 Å². The normalized spacial score (nSPS) is 12.2. The van der Waals surface area contributed by atoms with Crippen LogP contribution in [0.25, 0.3) is 17.2 Å². The molecule has 0 radical (unpaired) electrons. The zero-order valence-electron chi connectivity index (χ0n) is 23.1. The van der Waals surface area contributed by atoms with Crippen LogP contribution in [-0.2, 0) is 4.79 Å². The number of benzene rings is 3. The minimum atomic E-state index is -0.197. The molecule has 0 aliphatic carbocycles. The van der Waals surface area contributed by atoms with Crippen LogP contribution >= 0.6 is 0 Å². The summed E-state index contributed by atoms with van der Waals surface area (Å²) in [4.78, 5) is 30.4. The van der Waals surface area contributed by atoms with Crippen molar-refractivity contribution >= 4 is 23.4 Å². The van der Waals surface area contributed by atoms with Gasteiger partial charge in [-0.15, -0.1) is 0 Å². The molecular weight excluding hydrogens is 482 g/mol. The summed E-state index contributed by atoms with van der Waals surface area (Å²) in [5.41, 5.74) is 8.77. The Kier molecular flexibility index (Phi) is 10.6. The number of anilines is 1. The van der Waals surface area contributed by atoms with Crippen LogP contribution in [0, 0.1) is 18.8 Å². The summed E-state index contributed by atoms with van der Waals surface area (Å²) in [6, 6.07) is 22.1. The highest BCUT2D eigenvalue weighted by atomic mass is 16.3. The highest BCUT2D eigenvalue weighted by Crippen LogP contribution is 2.29. The number of hydrogen-bond donors (Lipinski definition) is 0. The molecule has 0 unspecified atom stereocenters. The van der Waals surface area contributed by atoms with Gasteiger partial charge in [-0.25, -0.2) is 0 Å². The molecule has 0 aromatic heterocycles. The number of carbonyl (C=O) groups is 1. The number of rotatable bonds is 11. The smallest absolute Gasteiger partial charge is 0.252 e. The fourth-order valence-electron chi connectivity index (χ4n) is 4.23. The topological polar surface area (TPSA) is 62.1 Å². The zero-order chi connectivity index (χ0) is 28.2. The molecule has 198 valence electrons. The van der Waals surface area contributed by atoms with E-state index in [2.05, 4.69) is 47.9 Å². The van der Waals surface area contributed by atoms with Gasteiger partial charge in [0.25, 0.3) is 5.91 Å². The molecule has 39 heavy (non-hydrogen) atoms. The van der Waals surface area contributed by atoms with Crippen molar-refractivity contribution in [2.24, 2.45) is 10.2 Å². The van der Waals surface area contributed by atoms with Crippen LogP contribution < -0.4 is 4.90 Å². The number of carbonyl (C=O) groups excluding carboxylic acids is 1. The SMILES string of the molecule is C=C/C=C/N(C(=O)CN=C(/C(C)=C/CN=O)c1ccc(C)cc1)c1ccc(-c2cccc(C)c2/C=C\C)cc1. The second-order valence-corrected chi connectivity index (χ2v) is 9.15. The zero-order valence-corrected chi connectivity index (χ0v) is 23.1. The molecule has 0 aliphatic rings. The van der Waals surface area contributed by atoms with Crippen LogP contribution in [0.3, 0.4) is 0 Å². The quantitative estimate of drug-likeness (QED) is 0.146. The molecule has 0 spiro atoms. The maximum Gasteiger partial charge on any atom is 0.252 e. The van der Waals surface area contributed by atoms with Crippen molar-refractivity contribution in [2.75, 3.05) is 18.0 Å². The Balaban J connectivity index is 1.94. The van der Waals surface area contributed by atoms with Crippen molar-refractivity contribution < 1.29 is 4.79 Å². The fourth-order valence-corrected chi connectivity index (χ4v) is 4.23. The van der Waals surface area contributed by atoms with E-state index in [0.29, 0.717) is 5.71 Å². The van der Waals surface area contributed by atoms with E-state index in [9.17, 15) is 9.70 Å². The standard InChI is InChI=1S/C34H35N3O2/c1-6-8-23-37(30-19-17-28(18-20-30)32-12-9-11-26(4)31(32)10-7-2)33(38)24-35-34(27(5)21-22-36-39)29-15-13-25(3)14-16-29/h6-21,23H,1,22,24H2,2-5H3/b10-7-,23-8+,27-21+,35-34?. The van der Waals surface area contributed by atoms with Gasteiger partial charge in [-0.1, -0.05) is 96.2 Å². The molecule has 0 atom stereocenters. The van der Waals surface area contributed by atoms with Crippen LogP contribution in [0.2, 0.25) is 0 Å². The van der Waals surface area contributed by atoms with Crippen LogP contribution in [-0.4, -0.2) is 24.7 Å². The largest absolute Gasteiger partial charge is 0.286 e. The number of hydrogen-bond acceptors (Lipinski definition) is 4. The van der Waals surface area contributed by atoms with Gasteiger partial charge in [0, 0.05) is 11.9 Å². The molecule has 0 fully saturated rings. The van der Waals surface area contributed by atoms with Crippen molar-refractivity contribution in [2.45, 2.75) is 27.7 Å². The lowest BCUT2D eigenvalue weighted by molar-refractivity contribution is -0.116. The van der Waals surface area contributed by atoms with Crippen molar-refractivity contribution in [3.63, 3.8) is 0 Å². The van der Waals surface area contributed by atoms with Gasteiger partial charge in [-0.3, -0.25) is 14.7 Å². The van der Waals surface area contributed by atoms with E-state index >= 15 is 0 Å². The molecule has 5 nitrogen and oxygen atoms in total. The van der Waals surface area contributed by atoms with Gasteiger partial charge in [0.05, 0.1) is 12.3 Å². The van der Waals surface area contributed by atoms with E-state index in [0.717, 1.165) is 33.5 Å². The summed E-state index contributed by atoms with van der Waals surface area (Å²) in [6.45, 7) is 11.7. The minimum absolute atomic E-state index is 0.0436. The van der Waals surface area contributed by atoms with Gasteiger partial charge in [-0.2, -0.15) is 4.91 Å². The second kappa shape index (κ2) is 14.3. The minimum Gasteiger partial charge on any atom is -0.286 e. The van der Waals surface area contributed by atoms with E-state index < -0.39 is 0 Å². The van der Waals surface area contributed by atoms with E-state index in [1.807, 2.05) is 75.4 Å². The Morgan fingerprint density at radius 2 is 1.72 bits per heavy atom. The van der Waals surface area contributed by atoms with Crippen molar-refractivity contribution in [3.8, 4) is 11.1 Å². The maximum absolute atomic E-state index is 13.5. The average molecular weight is 518 g/mol. The monoisotopic (exact) mass is 517 g/mol. The van der Waals surface area contributed by atoms with Crippen LogP contribution in [0.5, 0.6) is 0 Å². The summed E-state index contributed by atoms with van der Waals surface area (Å²) < 4.78 is 0. The third-order valence-electron chi connectivity index (χ3n) is 6.30. The van der Waals surface area contributed by atoms with Gasteiger partial charge < -0.3 is 0 Å². The first-order chi connectivity index (χ1) is 18.9. The second-order valence-electron chi connectivity index (χ2n) is 9.15. The average Bonchev–Trinajstić information content (AvgIpc) is 2.94. The molecule has 0 heterocycles. The summed E-state index contributed by atoms with van der Waals surface area (Å²) in [5, 5.41) is 2.93. The first-order valence-corrected chi connectivity index (χ1v) is 12.9. The summed E-state index contributed by atoms with van der Waals surface area (Å²) in [5.74, 6) is -0.197. The molecule has 0 saturated heterocycles. The summed E-state index contributed by atoms with van der Waals surface area (Å²) >= 11 is 0. The molecule has 3 aromatic carbocycles. The van der Waals surface area contributed by atoms with Gasteiger partial charge in [0.2, 0.25) is 0 Å². The lowest BCUT2D eigenvalue weighted by Gasteiger charge is -2.19. The molecule has 5 heteroatoms. The Bertz CT molecular complexity index is 1430. The number of aliphatic imine (C=N–C) groups is 1. The van der Waals surface area contributed by atoms with E-state index in [4.69, 9.17) is 0 Å². The first kappa shape index (κ1) is 28.9. The van der Waals surface area contributed by atoms with Gasteiger partial charge in [0.15, 0.2) is 0 Å².